The molecular formula is C19H28N4O2S2. The smallest absolute Gasteiger partial charge is 0.214 e. The number of nitrogens with one attached hydrogen (secondary N) is 2. The lowest BCUT2D eigenvalue weighted by molar-refractivity contribution is 0.323. The largest absolute Gasteiger partial charge is 0.361 e. The molecule has 0 saturated heterocycles. The summed E-state index contributed by atoms with van der Waals surface area (Å²) in [4.78, 5) is 9.01. The predicted octanol–water partition coefficient (Wildman–Crippen LogP) is 3.81. The first-order valence-electron chi connectivity index (χ1n) is 9.47. The van der Waals surface area contributed by atoms with Gasteiger partial charge in [0.25, 0.3) is 0 Å². The Balaban J connectivity index is 1.48. The molecule has 3 rings (SSSR count). The van der Waals surface area contributed by atoms with Crippen LogP contribution in [-0.2, 0) is 10.0 Å². The molecule has 2 aromatic rings. The standard InChI is InChI=1S/C19H28N4O2S2/c1-13(2)27(24,25)23-16-8-6-15(7-9-16)11-21-19-22-18(12-26-19)17-5-4-10-20-14(17)3/h4-5,10,12-13,15-16,23H,6-9,11H2,1-3H3,(H,21,22)/t15-,16-. The normalized spacial score (nSPS) is 20.7. The summed E-state index contributed by atoms with van der Waals surface area (Å²) in [6.45, 7) is 6.30. The quantitative estimate of drug-likeness (QED) is 0.728. The number of thiazole rings is 1. The fourth-order valence-corrected chi connectivity index (χ4v) is 5.01. The molecule has 8 heteroatoms. The van der Waals surface area contributed by atoms with E-state index in [0.717, 1.165) is 54.3 Å². The number of sulfonamides is 1. The molecule has 0 spiro atoms. The Labute approximate surface area is 165 Å². The van der Waals surface area contributed by atoms with E-state index in [2.05, 4.69) is 25.4 Å². The van der Waals surface area contributed by atoms with E-state index in [9.17, 15) is 8.42 Å². The van der Waals surface area contributed by atoms with E-state index in [1.165, 1.54) is 0 Å². The molecule has 2 heterocycles. The summed E-state index contributed by atoms with van der Waals surface area (Å²) in [6, 6.07) is 4.05. The van der Waals surface area contributed by atoms with E-state index in [0.29, 0.717) is 5.92 Å². The van der Waals surface area contributed by atoms with Crippen LogP contribution in [0.3, 0.4) is 0 Å². The predicted molar refractivity (Wildman–Crippen MR) is 112 cm³/mol. The lowest BCUT2D eigenvalue weighted by Gasteiger charge is -2.29. The molecule has 0 radical (unpaired) electrons. The van der Waals surface area contributed by atoms with E-state index in [4.69, 9.17) is 0 Å². The second-order valence-corrected chi connectivity index (χ2v) is 10.6. The summed E-state index contributed by atoms with van der Waals surface area (Å²) >= 11 is 1.61. The van der Waals surface area contributed by atoms with Crippen molar-refractivity contribution in [2.75, 3.05) is 11.9 Å². The van der Waals surface area contributed by atoms with E-state index in [1.807, 2.05) is 19.1 Å². The molecular weight excluding hydrogens is 380 g/mol. The van der Waals surface area contributed by atoms with Gasteiger partial charge in [0, 0.05) is 35.4 Å². The molecule has 148 valence electrons. The Hall–Kier alpha value is -1.51. The highest BCUT2D eigenvalue weighted by atomic mass is 32.2. The van der Waals surface area contributed by atoms with Gasteiger partial charge in [0.1, 0.15) is 0 Å². The number of aryl methyl sites for hydroxylation is 1. The van der Waals surface area contributed by atoms with Gasteiger partial charge >= 0.3 is 0 Å². The first kappa shape index (κ1) is 20.2. The van der Waals surface area contributed by atoms with Gasteiger partial charge in [0.2, 0.25) is 10.0 Å². The Morgan fingerprint density at radius 2 is 2.00 bits per heavy atom. The number of anilines is 1. The SMILES string of the molecule is Cc1ncccc1-c1csc(NC[C@H]2CC[C@H](NS(=O)(=O)C(C)C)CC2)n1. The van der Waals surface area contributed by atoms with Crippen LogP contribution in [-0.4, -0.2) is 36.2 Å². The molecule has 1 fully saturated rings. The Morgan fingerprint density at radius 1 is 1.26 bits per heavy atom. The molecule has 0 bridgehead atoms. The van der Waals surface area contributed by atoms with Crippen molar-refractivity contribution in [1.29, 1.82) is 0 Å². The number of nitrogens with zero attached hydrogens (tertiary/aromatic N) is 2. The highest BCUT2D eigenvalue weighted by Crippen LogP contribution is 2.28. The second-order valence-electron chi connectivity index (χ2n) is 7.48. The lowest BCUT2D eigenvalue weighted by atomic mass is 9.86. The van der Waals surface area contributed by atoms with Gasteiger partial charge in [-0.25, -0.2) is 18.1 Å². The summed E-state index contributed by atoms with van der Waals surface area (Å²) in [7, 11) is -3.18. The molecule has 0 amide bonds. The van der Waals surface area contributed by atoms with Crippen molar-refractivity contribution in [2.24, 2.45) is 5.92 Å². The van der Waals surface area contributed by atoms with Crippen molar-refractivity contribution >= 4 is 26.5 Å². The highest BCUT2D eigenvalue weighted by Gasteiger charge is 2.26. The van der Waals surface area contributed by atoms with Gasteiger partial charge in [-0.15, -0.1) is 11.3 Å². The molecule has 0 aromatic carbocycles. The minimum atomic E-state index is -3.18. The van der Waals surface area contributed by atoms with Crippen LogP contribution >= 0.6 is 11.3 Å². The van der Waals surface area contributed by atoms with Gasteiger partial charge in [0.15, 0.2) is 5.13 Å². The highest BCUT2D eigenvalue weighted by molar-refractivity contribution is 7.90. The number of rotatable bonds is 7. The molecule has 1 saturated carbocycles. The Kier molecular flexibility index (Phi) is 6.49. The van der Waals surface area contributed by atoms with Crippen LogP contribution < -0.4 is 10.0 Å². The van der Waals surface area contributed by atoms with Crippen molar-refractivity contribution in [3.05, 3.63) is 29.4 Å². The Morgan fingerprint density at radius 3 is 2.67 bits per heavy atom. The van der Waals surface area contributed by atoms with Crippen LogP contribution in [0, 0.1) is 12.8 Å². The molecule has 1 aliphatic carbocycles. The minimum Gasteiger partial charge on any atom is -0.361 e. The van der Waals surface area contributed by atoms with E-state index >= 15 is 0 Å². The third-order valence-corrected chi connectivity index (χ3v) is 7.83. The summed E-state index contributed by atoms with van der Waals surface area (Å²) in [5, 5.41) is 6.06. The second kappa shape index (κ2) is 8.67. The maximum absolute atomic E-state index is 12.0. The topological polar surface area (TPSA) is 84.0 Å². The van der Waals surface area contributed by atoms with Crippen LogP contribution in [0.5, 0.6) is 0 Å². The molecule has 2 N–H and O–H groups in total. The van der Waals surface area contributed by atoms with Crippen LogP contribution in [0.1, 0.15) is 45.2 Å². The first-order chi connectivity index (χ1) is 12.8. The van der Waals surface area contributed by atoms with Crippen molar-refractivity contribution in [1.82, 2.24) is 14.7 Å². The third-order valence-electron chi connectivity index (χ3n) is 5.13. The summed E-state index contributed by atoms with van der Waals surface area (Å²) < 4.78 is 26.8. The van der Waals surface area contributed by atoms with Gasteiger partial charge in [-0.05, 0) is 64.5 Å². The average molecular weight is 409 g/mol. The van der Waals surface area contributed by atoms with Gasteiger partial charge in [-0.3, -0.25) is 4.98 Å². The zero-order chi connectivity index (χ0) is 19.4. The molecule has 0 unspecified atom stereocenters. The van der Waals surface area contributed by atoms with Crippen LogP contribution in [0.15, 0.2) is 23.7 Å². The number of pyridine rings is 1. The molecule has 27 heavy (non-hydrogen) atoms. The van der Waals surface area contributed by atoms with Crippen molar-refractivity contribution in [3.8, 4) is 11.3 Å². The first-order valence-corrected chi connectivity index (χ1v) is 11.9. The van der Waals surface area contributed by atoms with Crippen LogP contribution in [0.2, 0.25) is 0 Å². The van der Waals surface area contributed by atoms with E-state index in [-0.39, 0.29) is 11.3 Å². The van der Waals surface area contributed by atoms with Gasteiger partial charge in [-0.1, -0.05) is 0 Å². The van der Waals surface area contributed by atoms with Crippen LogP contribution in [0.4, 0.5) is 5.13 Å². The van der Waals surface area contributed by atoms with Crippen molar-refractivity contribution in [3.63, 3.8) is 0 Å². The zero-order valence-electron chi connectivity index (χ0n) is 16.1. The Bertz CT molecular complexity index is 856. The van der Waals surface area contributed by atoms with Crippen LogP contribution in [0.25, 0.3) is 11.3 Å². The molecule has 6 nitrogen and oxygen atoms in total. The third kappa shape index (κ3) is 5.27. The maximum Gasteiger partial charge on any atom is 0.214 e. The van der Waals surface area contributed by atoms with Crippen molar-refractivity contribution in [2.45, 2.75) is 57.7 Å². The van der Waals surface area contributed by atoms with E-state index < -0.39 is 10.0 Å². The average Bonchev–Trinajstić information content (AvgIpc) is 3.10. The fourth-order valence-electron chi connectivity index (χ4n) is 3.32. The van der Waals surface area contributed by atoms with Crippen molar-refractivity contribution < 1.29 is 8.42 Å². The summed E-state index contributed by atoms with van der Waals surface area (Å²) in [5.41, 5.74) is 3.01. The molecule has 2 aromatic heterocycles. The lowest BCUT2D eigenvalue weighted by Crippen LogP contribution is -2.41. The summed E-state index contributed by atoms with van der Waals surface area (Å²) in [6.07, 6.45) is 5.64. The fraction of sp³-hybridized carbons (Fsp3) is 0.579. The monoisotopic (exact) mass is 408 g/mol. The summed E-state index contributed by atoms with van der Waals surface area (Å²) in [5.74, 6) is 0.553. The van der Waals surface area contributed by atoms with Gasteiger partial charge in [-0.2, -0.15) is 0 Å². The van der Waals surface area contributed by atoms with Gasteiger partial charge in [0.05, 0.1) is 10.9 Å². The maximum atomic E-state index is 12.0. The number of hydrogen-bond donors (Lipinski definition) is 2. The number of hydrogen-bond acceptors (Lipinski definition) is 6. The zero-order valence-corrected chi connectivity index (χ0v) is 17.7. The van der Waals surface area contributed by atoms with E-state index in [1.54, 1.807) is 31.4 Å². The molecule has 0 atom stereocenters. The van der Waals surface area contributed by atoms with Gasteiger partial charge < -0.3 is 5.32 Å². The minimum absolute atomic E-state index is 0.0775. The number of aromatic nitrogens is 2. The molecule has 0 aliphatic heterocycles. The molecule has 1 aliphatic rings.